The first-order valence-electron chi connectivity index (χ1n) is 8.38. The van der Waals surface area contributed by atoms with E-state index in [0.717, 1.165) is 19.4 Å². The highest BCUT2D eigenvalue weighted by Crippen LogP contribution is 2.44. The average molecular weight is 365 g/mol. The van der Waals surface area contributed by atoms with E-state index in [2.05, 4.69) is 15.5 Å². The van der Waals surface area contributed by atoms with Gasteiger partial charge in [-0.3, -0.25) is 0 Å². The van der Waals surface area contributed by atoms with Gasteiger partial charge < -0.3 is 14.6 Å². The molecule has 0 saturated heterocycles. The molecule has 2 aromatic rings. The molecule has 0 atom stereocenters. The molecule has 1 heterocycles. The molecule has 1 fully saturated rings. The van der Waals surface area contributed by atoms with Crippen molar-refractivity contribution in [2.45, 2.75) is 30.4 Å². The Hall–Kier alpha value is -1.93. The second-order valence-corrected chi connectivity index (χ2v) is 8.70. The van der Waals surface area contributed by atoms with Crippen LogP contribution in [0.2, 0.25) is 0 Å². The highest BCUT2D eigenvalue weighted by Gasteiger charge is 2.48. The number of ether oxygens (including phenoxy) is 1. The highest BCUT2D eigenvalue weighted by molar-refractivity contribution is 7.91. The van der Waals surface area contributed by atoms with Crippen LogP contribution < -0.4 is 10.1 Å². The lowest BCUT2D eigenvalue weighted by molar-refractivity contribution is 0.318. The maximum Gasteiger partial charge on any atom is 0.258 e. The van der Waals surface area contributed by atoms with E-state index in [0.29, 0.717) is 36.7 Å². The van der Waals surface area contributed by atoms with Crippen molar-refractivity contribution in [2.75, 3.05) is 26.5 Å². The van der Waals surface area contributed by atoms with Crippen molar-refractivity contribution in [2.24, 2.45) is 0 Å². The molecule has 1 saturated carbocycles. The van der Waals surface area contributed by atoms with Crippen LogP contribution in [0.4, 0.5) is 0 Å². The van der Waals surface area contributed by atoms with Gasteiger partial charge in [-0.25, -0.2) is 8.42 Å². The Morgan fingerprint density at radius 1 is 1.32 bits per heavy atom. The Kier molecular flexibility index (Phi) is 5.10. The molecule has 25 heavy (non-hydrogen) atoms. The van der Waals surface area contributed by atoms with E-state index < -0.39 is 14.6 Å². The minimum Gasteiger partial charge on any atom is -0.492 e. The third-order valence-electron chi connectivity index (χ3n) is 4.66. The molecular weight excluding hydrogens is 342 g/mol. The molecule has 0 aliphatic heterocycles. The van der Waals surface area contributed by atoms with Crippen LogP contribution in [-0.4, -0.2) is 45.0 Å². The van der Waals surface area contributed by atoms with Gasteiger partial charge in [0.05, 0.1) is 0 Å². The lowest BCUT2D eigenvalue weighted by Gasteiger charge is -2.22. The maximum atomic E-state index is 12.4. The SMILES string of the molecule is CNCCOc1cccc(-c2nc(C3(S(C)(=O)=O)CCCC3)no2)c1. The summed E-state index contributed by atoms with van der Waals surface area (Å²) in [6.07, 6.45) is 4.04. The van der Waals surface area contributed by atoms with Crippen LogP contribution >= 0.6 is 0 Å². The van der Waals surface area contributed by atoms with Gasteiger partial charge in [0, 0.05) is 18.4 Å². The van der Waals surface area contributed by atoms with E-state index >= 15 is 0 Å². The van der Waals surface area contributed by atoms with Gasteiger partial charge in [-0.05, 0) is 38.1 Å². The normalized spacial score (nSPS) is 16.9. The Morgan fingerprint density at radius 2 is 2.08 bits per heavy atom. The molecule has 1 N–H and O–H groups in total. The third-order valence-corrected chi connectivity index (χ3v) is 6.67. The zero-order chi connectivity index (χ0) is 17.9. The van der Waals surface area contributed by atoms with Crippen LogP contribution in [0.25, 0.3) is 11.5 Å². The number of nitrogens with one attached hydrogen (secondary N) is 1. The average Bonchev–Trinajstić information content (AvgIpc) is 3.25. The Balaban J connectivity index is 1.88. The predicted molar refractivity (Wildman–Crippen MR) is 94.1 cm³/mol. The zero-order valence-corrected chi connectivity index (χ0v) is 15.3. The zero-order valence-electron chi connectivity index (χ0n) is 14.5. The molecule has 0 spiro atoms. The molecule has 1 aromatic carbocycles. The largest absolute Gasteiger partial charge is 0.492 e. The molecule has 136 valence electrons. The summed E-state index contributed by atoms with van der Waals surface area (Å²) in [5, 5.41) is 7.02. The molecule has 1 aromatic heterocycles. The van der Waals surface area contributed by atoms with Gasteiger partial charge in [0.25, 0.3) is 5.89 Å². The molecule has 0 bridgehead atoms. The lowest BCUT2D eigenvalue weighted by Crippen LogP contribution is -2.33. The molecular formula is C17H23N3O4S. The first-order chi connectivity index (χ1) is 12.0. The van der Waals surface area contributed by atoms with Gasteiger partial charge >= 0.3 is 0 Å². The molecule has 0 amide bonds. The quantitative estimate of drug-likeness (QED) is 0.751. The molecule has 1 aliphatic rings. The highest BCUT2D eigenvalue weighted by atomic mass is 32.2. The summed E-state index contributed by atoms with van der Waals surface area (Å²) in [4.78, 5) is 4.41. The number of hydrogen-bond acceptors (Lipinski definition) is 7. The summed E-state index contributed by atoms with van der Waals surface area (Å²) < 4.78 is 34.7. The second kappa shape index (κ2) is 7.13. The van der Waals surface area contributed by atoms with Gasteiger partial charge in [-0.1, -0.05) is 24.1 Å². The number of aromatic nitrogens is 2. The van der Waals surface area contributed by atoms with Crippen LogP contribution in [0.1, 0.15) is 31.5 Å². The molecule has 8 heteroatoms. The summed E-state index contributed by atoms with van der Waals surface area (Å²) in [5.41, 5.74) is 0.711. The fourth-order valence-electron chi connectivity index (χ4n) is 3.22. The van der Waals surface area contributed by atoms with Crippen LogP contribution in [0.15, 0.2) is 28.8 Å². The van der Waals surface area contributed by atoms with Crippen molar-refractivity contribution in [3.63, 3.8) is 0 Å². The smallest absolute Gasteiger partial charge is 0.258 e. The van der Waals surface area contributed by atoms with Gasteiger partial charge in [-0.15, -0.1) is 0 Å². The third kappa shape index (κ3) is 3.55. The number of sulfone groups is 1. The molecule has 7 nitrogen and oxygen atoms in total. The Labute approximate surface area is 147 Å². The van der Waals surface area contributed by atoms with Gasteiger partial charge in [-0.2, -0.15) is 4.98 Å². The van der Waals surface area contributed by atoms with Crippen molar-refractivity contribution in [1.29, 1.82) is 0 Å². The van der Waals surface area contributed by atoms with E-state index in [1.54, 1.807) is 0 Å². The van der Waals surface area contributed by atoms with Crippen LogP contribution in [0.5, 0.6) is 5.75 Å². The van der Waals surface area contributed by atoms with E-state index in [-0.39, 0.29) is 5.82 Å². The topological polar surface area (TPSA) is 94.3 Å². The van der Waals surface area contributed by atoms with Crippen molar-refractivity contribution in [3.8, 4) is 17.2 Å². The van der Waals surface area contributed by atoms with Crippen molar-refractivity contribution in [1.82, 2.24) is 15.5 Å². The minimum atomic E-state index is -3.33. The Bertz CT molecular complexity index is 826. The van der Waals surface area contributed by atoms with E-state index in [1.165, 1.54) is 6.26 Å². The number of likely N-dealkylation sites (N-methyl/N-ethyl adjacent to an activating group) is 1. The summed E-state index contributed by atoms with van der Waals surface area (Å²) in [6, 6.07) is 7.35. The monoisotopic (exact) mass is 365 g/mol. The maximum absolute atomic E-state index is 12.4. The van der Waals surface area contributed by atoms with Crippen LogP contribution in [0.3, 0.4) is 0 Å². The first-order valence-corrected chi connectivity index (χ1v) is 10.3. The number of rotatable bonds is 7. The van der Waals surface area contributed by atoms with Gasteiger partial charge in [0.1, 0.15) is 17.1 Å². The molecule has 1 aliphatic carbocycles. The van der Waals surface area contributed by atoms with E-state index in [9.17, 15) is 8.42 Å². The van der Waals surface area contributed by atoms with E-state index in [4.69, 9.17) is 9.26 Å². The number of benzene rings is 1. The standard InChI is InChI=1S/C17H23N3O4S/c1-18-10-11-23-14-7-5-6-13(12-14)15-19-16(20-24-15)17(25(2,21)22)8-3-4-9-17/h5-7,12,18H,3-4,8-11H2,1-2H3. The van der Waals surface area contributed by atoms with Crippen LogP contribution in [-0.2, 0) is 14.6 Å². The van der Waals surface area contributed by atoms with Crippen molar-refractivity contribution in [3.05, 3.63) is 30.1 Å². The minimum absolute atomic E-state index is 0.268. The number of nitrogens with zero attached hydrogens (tertiary/aromatic N) is 2. The summed E-state index contributed by atoms with van der Waals surface area (Å²) >= 11 is 0. The van der Waals surface area contributed by atoms with Crippen LogP contribution in [0, 0.1) is 0 Å². The summed E-state index contributed by atoms with van der Waals surface area (Å²) in [6.45, 7) is 1.29. The van der Waals surface area contributed by atoms with Gasteiger partial charge in [0.15, 0.2) is 15.7 Å². The molecule has 3 rings (SSSR count). The van der Waals surface area contributed by atoms with Crippen molar-refractivity contribution < 1.29 is 17.7 Å². The molecule has 0 unspecified atom stereocenters. The lowest BCUT2D eigenvalue weighted by atomic mass is 10.1. The summed E-state index contributed by atoms with van der Waals surface area (Å²) in [5.74, 6) is 1.28. The fourth-order valence-corrected chi connectivity index (χ4v) is 4.67. The number of hydrogen-bond donors (Lipinski definition) is 1. The molecule has 0 radical (unpaired) electrons. The van der Waals surface area contributed by atoms with E-state index in [1.807, 2.05) is 31.3 Å². The predicted octanol–water partition coefficient (Wildman–Crippen LogP) is 2.15. The second-order valence-electron chi connectivity index (χ2n) is 6.38. The first kappa shape index (κ1) is 17.9. The Morgan fingerprint density at radius 3 is 2.76 bits per heavy atom. The summed E-state index contributed by atoms with van der Waals surface area (Å²) in [7, 11) is -1.46. The fraction of sp³-hybridized carbons (Fsp3) is 0.529. The van der Waals surface area contributed by atoms with Crippen molar-refractivity contribution >= 4 is 9.84 Å². The van der Waals surface area contributed by atoms with Gasteiger partial charge in [0.2, 0.25) is 0 Å².